The summed E-state index contributed by atoms with van der Waals surface area (Å²) >= 11 is 0. The monoisotopic (exact) mass is 336 g/mol. The molecule has 0 amide bonds. The fraction of sp³-hybridized carbons (Fsp3) is 0.550. The Labute approximate surface area is 146 Å². The molecule has 0 aliphatic rings. The van der Waals surface area contributed by atoms with Gasteiger partial charge in [-0.2, -0.15) is 0 Å². The van der Waals surface area contributed by atoms with Crippen LogP contribution in [0.5, 0.6) is 0 Å². The van der Waals surface area contributed by atoms with Crippen molar-refractivity contribution in [3.05, 3.63) is 48.3 Å². The first-order valence-electron chi connectivity index (χ1n) is 8.89. The van der Waals surface area contributed by atoms with Gasteiger partial charge in [-0.15, -0.1) is 0 Å². The third-order valence-electron chi connectivity index (χ3n) is 3.42. The van der Waals surface area contributed by atoms with Gasteiger partial charge in [-0.1, -0.05) is 56.2 Å². The largest absolute Gasteiger partial charge is 0.481 e. The summed E-state index contributed by atoms with van der Waals surface area (Å²) in [5.74, 6) is -0.306. The van der Waals surface area contributed by atoms with E-state index in [-0.39, 0.29) is 6.42 Å². The van der Waals surface area contributed by atoms with Crippen molar-refractivity contribution >= 4 is 5.97 Å². The molecule has 0 aliphatic carbocycles. The van der Waals surface area contributed by atoms with Crippen LogP contribution in [0, 0.1) is 0 Å². The number of carbonyl (C=O) groups is 1. The minimum atomic E-state index is -0.774. The van der Waals surface area contributed by atoms with Crippen molar-refractivity contribution < 1.29 is 20.0 Å². The molecular formula is C20H32O4. The highest BCUT2D eigenvalue weighted by molar-refractivity contribution is 5.66. The van der Waals surface area contributed by atoms with Gasteiger partial charge in [0.15, 0.2) is 0 Å². The topological polar surface area (TPSA) is 66.8 Å². The Balaban J connectivity index is 3.82. The zero-order valence-electron chi connectivity index (χ0n) is 14.8. The van der Waals surface area contributed by atoms with Crippen LogP contribution in [0.1, 0.15) is 71.1 Å². The fourth-order valence-electron chi connectivity index (χ4n) is 2.04. The Bertz CT molecular complexity index is 419. The van der Waals surface area contributed by atoms with Gasteiger partial charge in [0.1, 0.15) is 5.76 Å². The third kappa shape index (κ3) is 16.6. The molecule has 2 N–H and O–H groups in total. The van der Waals surface area contributed by atoms with Crippen LogP contribution in [0.15, 0.2) is 48.3 Å². The van der Waals surface area contributed by atoms with Gasteiger partial charge in [-0.25, -0.2) is 5.26 Å². The molecule has 0 unspecified atom stereocenters. The van der Waals surface area contributed by atoms with E-state index < -0.39 is 5.97 Å². The van der Waals surface area contributed by atoms with E-state index in [9.17, 15) is 4.79 Å². The average molecular weight is 336 g/mol. The van der Waals surface area contributed by atoms with Gasteiger partial charge in [0.2, 0.25) is 0 Å². The molecule has 4 heteroatoms. The number of hydrogen-bond donors (Lipinski definition) is 2. The fourth-order valence-corrected chi connectivity index (χ4v) is 2.04. The molecule has 0 radical (unpaired) electrons. The molecule has 0 spiro atoms. The lowest BCUT2D eigenvalue weighted by molar-refractivity contribution is -0.204. The van der Waals surface area contributed by atoms with E-state index in [1.165, 1.54) is 25.7 Å². The molecule has 0 fully saturated rings. The van der Waals surface area contributed by atoms with Gasteiger partial charge in [0.05, 0.1) is 0 Å². The first kappa shape index (κ1) is 22.2. The molecular weight excluding hydrogens is 304 g/mol. The highest BCUT2D eigenvalue weighted by atomic mass is 17.1. The van der Waals surface area contributed by atoms with Crippen LogP contribution in [0.4, 0.5) is 0 Å². The molecule has 0 saturated carbocycles. The van der Waals surface area contributed by atoms with Gasteiger partial charge in [0, 0.05) is 12.8 Å². The van der Waals surface area contributed by atoms with E-state index in [2.05, 4.69) is 24.0 Å². The van der Waals surface area contributed by atoms with Crippen LogP contribution in [-0.2, 0) is 9.68 Å². The van der Waals surface area contributed by atoms with E-state index in [1.54, 1.807) is 6.08 Å². The van der Waals surface area contributed by atoms with Crippen molar-refractivity contribution in [1.29, 1.82) is 0 Å². The zero-order chi connectivity index (χ0) is 17.9. The highest BCUT2D eigenvalue weighted by Gasteiger charge is 1.95. The van der Waals surface area contributed by atoms with Gasteiger partial charge >= 0.3 is 5.97 Å². The van der Waals surface area contributed by atoms with Gasteiger partial charge in [0.25, 0.3) is 0 Å². The summed E-state index contributed by atoms with van der Waals surface area (Å²) in [6.07, 6.45) is 22.9. The molecule has 0 saturated heterocycles. The van der Waals surface area contributed by atoms with Gasteiger partial charge < -0.3 is 9.99 Å². The van der Waals surface area contributed by atoms with Crippen LogP contribution in [0.3, 0.4) is 0 Å². The number of rotatable bonds is 15. The summed E-state index contributed by atoms with van der Waals surface area (Å²) < 4.78 is 0. The molecule has 0 aromatic carbocycles. The van der Waals surface area contributed by atoms with Crippen molar-refractivity contribution in [2.24, 2.45) is 0 Å². The number of carboxylic acid groups (broad SMARTS) is 1. The summed E-state index contributed by atoms with van der Waals surface area (Å²) in [4.78, 5) is 14.7. The van der Waals surface area contributed by atoms with Crippen molar-refractivity contribution in [3.63, 3.8) is 0 Å². The first-order chi connectivity index (χ1) is 11.7. The second kappa shape index (κ2) is 17.5. The lowest BCUT2D eigenvalue weighted by Gasteiger charge is -1.98. The molecule has 136 valence electrons. The second-order valence-electron chi connectivity index (χ2n) is 5.66. The molecule has 0 aromatic rings. The maximum absolute atomic E-state index is 10.4. The predicted molar refractivity (Wildman–Crippen MR) is 98.7 cm³/mol. The standard InChI is InChI=1S/C20H32O4/c1-2-3-4-5-6-7-8-9-10-13-16-19(24-23)17-14-11-12-15-18-20(21)22/h6-7,10-11,13-14,16,23H,2-5,8-9,12,15,17-18H2,1H3,(H,21,22)/b7-6+,13-10+,14-11+,19-16-. The van der Waals surface area contributed by atoms with E-state index >= 15 is 0 Å². The maximum Gasteiger partial charge on any atom is 0.303 e. The van der Waals surface area contributed by atoms with Gasteiger partial charge in [-0.3, -0.25) is 4.79 Å². The smallest absolute Gasteiger partial charge is 0.303 e. The summed E-state index contributed by atoms with van der Waals surface area (Å²) in [5, 5.41) is 17.3. The van der Waals surface area contributed by atoms with E-state index in [0.29, 0.717) is 25.0 Å². The Morgan fingerprint density at radius 1 is 0.917 bits per heavy atom. The Kier molecular flexibility index (Phi) is 16.2. The first-order valence-corrected chi connectivity index (χ1v) is 8.89. The van der Waals surface area contributed by atoms with Crippen molar-refractivity contribution in [1.82, 2.24) is 0 Å². The van der Waals surface area contributed by atoms with Crippen LogP contribution < -0.4 is 0 Å². The van der Waals surface area contributed by atoms with Crippen molar-refractivity contribution in [2.45, 2.75) is 71.1 Å². The van der Waals surface area contributed by atoms with Crippen LogP contribution in [0.2, 0.25) is 0 Å². The van der Waals surface area contributed by atoms with Crippen LogP contribution in [0.25, 0.3) is 0 Å². The molecule has 0 atom stereocenters. The zero-order valence-corrected chi connectivity index (χ0v) is 14.8. The summed E-state index contributed by atoms with van der Waals surface area (Å²) in [7, 11) is 0. The predicted octanol–water partition coefficient (Wildman–Crippen LogP) is 6.03. The van der Waals surface area contributed by atoms with Crippen molar-refractivity contribution in [2.75, 3.05) is 0 Å². The van der Waals surface area contributed by atoms with Gasteiger partial charge in [-0.05, 0) is 44.6 Å². The third-order valence-corrected chi connectivity index (χ3v) is 3.42. The minimum absolute atomic E-state index is 0.180. The number of carboxylic acids is 1. The quantitative estimate of drug-likeness (QED) is 0.0956. The summed E-state index contributed by atoms with van der Waals surface area (Å²) in [6, 6.07) is 0. The lowest BCUT2D eigenvalue weighted by atomic mass is 10.2. The highest BCUT2D eigenvalue weighted by Crippen LogP contribution is 2.06. The molecule has 0 aliphatic heterocycles. The molecule has 0 heterocycles. The molecule has 0 rings (SSSR count). The van der Waals surface area contributed by atoms with Crippen LogP contribution in [-0.4, -0.2) is 16.3 Å². The number of hydrogen-bond acceptors (Lipinski definition) is 3. The SMILES string of the molecule is CCCCC/C=C/CC/C=C/C=C(/C/C=C/CCCC(=O)O)OO. The minimum Gasteiger partial charge on any atom is -0.481 e. The number of allylic oxidation sites excluding steroid dienone is 7. The molecule has 0 bridgehead atoms. The molecule has 0 aromatic heterocycles. The summed E-state index contributed by atoms with van der Waals surface area (Å²) in [6.45, 7) is 2.21. The van der Waals surface area contributed by atoms with E-state index in [0.717, 1.165) is 12.8 Å². The average Bonchev–Trinajstić information content (AvgIpc) is 2.57. The second-order valence-corrected chi connectivity index (χ2v) is 5.66. The lowest BCUT2D eigenvalue weighted by Crippen LogP contribution is -1.92. The maximum atomic E-state index is 10.4. The molecule has 24 heavy (non-hydrogen) atoms. The summed E-state index contributed by atoms with van der Waals surface area (Å²) in [5.41, 5.74) is 0. The van der Waals surface area contributed by atoms with E-state index in [1.807, 2.05) is 24.3 Å². The Morgan fingerprint density at radius 2 is 1.58 bits per heavy atom. The molecule has 4 nitrogen and oxygen atoms in total. The normalized spacial score (nSPS) is 12.7. The number of unbranched alkanes of at least 4 members (excludes halogenated alkanes) is 5. The van der Waals surface area contributed by atoms with Crippen molar-refractivity contribution in [3.8, 4) is 0 Å². The Morgan fingerprint density at radius 3 is 2.29 bits per heavy atom. The van der Waals surface area contributed by atoms with E-state index in [4.69, 9.17) is 10.4 Å². The Hall–Kier alpha value is -1.81. The van der Waals surface area contributed by atoms with Crippen LogP contribution >= 0.6 is 0 Å². The number of aliphatic carboxylic acids is 1.